The minimum Gasteiger partial charge on any atom is -0.497 e. The lowest BCUT2D eigenvalue weighted by molar-refractivity contribution is 0.414. The number of ether oxygens (including phenoxy) is 1. The van der Waals surface area contributed by atoms with Crippen LogP contribution in [0.4, 0.5) is 0 Å². The van der Waals surface area contributed by atoms with Gasteiger partial charge in [0.1, 0.15) is 5.75 Å². The lowest BCUT2D eigenvalue weighted by atomic mass is 10.1. The molecule has 0 spiro atoms. The SMILES string of the molecule is CCC(NS(=O)(=O)c1ccc(OC)cc1)c1ccccc1. The van der Waals surface area contributed by atoms with E-state index in [9.17, 15) is 8.42 Å². The molecule has 0 aliphatic heterocycles. The van der Waals surface area contributed by atoms with E-state index < -0.39 is 10.0 Å². The molecular weight excluding hydrogens is 286 g/mol. The highest BCUT2D eigenvalue weighted by atomic mass is 32.2. The first-order chi connectivity index (χ1) is 10.1. The first-order valence-electron chi connectivity index (χ1n) is 6.78. The maximum atomic E-state index is 12.4. The predicted molar refractivity (Wildman–Crippen MR) is 82.8 cm³/mol. The van der Waals surface area contributed by atoms with Crippen molar-refractivity contribution in [3.05, 3.63) is 60.2 Å². The van der Waals surface area contributed by atoms with E-state index in [1.807, 2.05) is 37.3 Å². The summed E-state index contributed by atoms with van der Waals surface area (Å²) >= 11 is 0. The average Bonchev–Trinajstić information content (AvgIpc) is 2.53. The van der Waals surface area contributed by atoms with Crippen molar-refractivity contribution in [2.75, 3.05) is 7.11 Å². The van der Waals surface area contributed by atoms with Gasteiger partial charge in [0.25, 0.3) is 0 Å². The Bertz CT molecular complexity index is 666. The van der Waals surface area contributed by atoms with Gasteiger partial charge in [0.15, 0.2) is 0 Å². The van der Waals surface area contributed by atoms with E-state index in [0.29, 0.717) is 12.2 Å². The van der Waals surface area contributed by atoms with Crippen molar-refractivity contribution < 1.29 is 13.2 Å². The van der Waals surface area contributed by atoms with Crippen molar-refractivity contribution in [1.29, 1.82) is 0 Å². The molecule has 112 valence electrons. The molecule has 2 rings (SSSR count). The number of hydrogen-bond donors (Lipinski definition) is 1. The fraction of sp³-hybridized carbons (Fsp3) is 0.250. The Hall–Kier alpha value is -1.85. The molecule has 0 heterocycles. The number of methoxy groups -OCH3 is 1. The van der Waals surface area contributed by atoms with Gasteiger partial charge in [0.05, 0.1) is 12.0 Å². The molecule has 0 radical (unpaired) electrons. The summed E-state index contributed by atoms with van der Waals surface area (Å²) in [6, 6.07) is 15.7. The van der Waals surface area contributed by atoms with Gasteiger partial charge in [-0.2, -0.15) is 0 Å². The van der Waals surface area contributed by atoms with Crippen LogP contribution in [0.1, 0.15) is 24.9 Å². The van der Waals surface area contributed by atoms with Gasteiger partial charge in [-0.15, -0.1) is 0 Å². The number of sulfonamides is 1. The highest BCUT2D eigenvalue weighted by Crippen LogP contribution is 2.21. The lowest BCUT2D eigenvalue weighted by Gasteiger charge is -2.17. The van der Waals surface area contributed by atoms with Crippen LogP contribution in [0.25, 0.3) is 0 Å². The van der Waals surface area contributed by atoms with Crippen LogP contribution in [0.5, 0.6) is 5.75 Å². The van der Waals surface area contributed by atoms with Gasteiger partial charge >= 0.3 is 0 Å². The molecule has 1 unspecified atom stereocenters. The second kappa shape index (κ2) is 6.74. The molecule has 2 aromatic carbocycles. The zero-order valence-electron chi connectivity index (χ0n) is 12.1. The number of nitrogens with one attached hydrogen (secondary N) is 1. The summed E-state index contributed by atoms with van der Waals surface area (Å²) in [6.07, 6.45) is 0.680. The third-order valence-electron chi connectivity index (χ3n) is 3.28. The smallest absolute Gasteiger partial charge is 0.241 e. The Balaban J connectivity index is 2.22. The summed E-state index contributed by atoms with van der Waals surface area (Å²) in [5, 5.41) is 0. The van der Waals surface area contributed by atoms with Crippen LogP contribution in [-0.2, 0) is 10.0 Å². The van der Waals surface area contributed by atoms with Crippen LogP contribution in [0.15, 0.2) is 59.5 Å². The Morgan fingerprint density at radius 3 is 2.19 bits per heavy atom. The molecule has 0 saturated carbocycles. The fourth-order valence-electron chi connectivity index (χ4n) is 2.08. The summed E-state index contributed by atoms with van der Waals surface area (Å²) in [7, 11) is -2.00. The van der Waals surface area contributed by atoms with E-state index in [1.54, 1.807) is 31.4 Å². The molecule has 5 heteroatoms. The summed E-state index contributed by atoms with van der Waals surface area (Å²) in [5.74, 6) is 0.629. The van der Waals surface area contributed by atoms with Crippen molar-refractivity contribution in [2.24, 2.45) is 0 Å². The topological polar surface area (TPSA) is 55.4 Å². The molecule has 1 N–H and O–H groups in total. The highest BCUT2D eigenvalue weighted by molar-refractivity contribution is 7.89. The third-order valence-corrected chi connectivity index (χ3v) is 4.76. The third kappa shape index (κ3) is 3.83. The minimum absolute atomic E-state index is 0.234. The average molecular weight is 305 g/mol. The van der Waals surface area contributed by atoms with Gasteiger partial charge in [0.2, 0.25) is 10.0 Å². The second-order valence-corrected chi connectivity index (χ2v) is 6.38. The summed E-state index contributed by atoms with van der Waals surface area (Å²) < 4.78 is 32.6. The molecule has 0 aromatic heterocycles. The normalized spacial score (nSPS) is 12.9. The largest absolute Gasteiger partial charge is 0.497 e. The van der Waals surface area contributed by atoms with E-state index >= 15 is 0 Å². The summed E-state index contributed by atoms with van der Waals surface area (Å²) in [4.78, 5) is 0.234. The van der Waals surface area contributed by atoms with Crippen LogP contribution in [0, 0.1) is 0 Å². The number of benzene rings is 2. The van der Waals surface area contributed by atoms with E-state index in [0.717, 1.165) is 5.56 Å². The monoisotopic (exact) mass is 305 g/mol. The molecule has 0 saturated heterocycles. The Morgan fingerprint density at radius 1 is 1.05 bits per heavy atom. The standard InChI is InChI=1S/C16H19NO3S/c1-3-16(13-7-5-4-6-8-13)17-21(18,19)15-11-9-14(20-2)10-12-15/h4-12,16-17H,3H2,1-2H3. The van der Waals surface area contributed by atoms with Gasteiger partial charge < -0.3 is 4.74 Å². The highest BCUT2D eigenvalue weighted by Gasteiger charge is 2.20. The molecule has 0 aliphatic rings. The van der Waals surface area contributed by atoms with Gasteiger partial charge in [-0.3, -0.25) is 0 Å². The van der Waals surface area contributed by atoms with Crippen molar-refractivity contribution in [3.63, 3.8) is 0 Å². The number of rotatable bonds is 6. The molecule has 0 aliphatic carbocycles. The van der Waals surface area contributed by atoms with Crippen molar-refractivity contribution >= 4 is 10.0 Å². The summed E-state index contributed by atoms with van der Waals surface area (Å²) in [6.45, 7) is 1.95. The van der Waals surface area contributed by atoms with Gasteiger partial charge in [-0.25, -0.2) is 13.1 Å². The van der Waals surface area contributed by atoms with Crippen LogP contribution in [0.3, 0.4) is 0 Å². The van der Waals surface area contributed by atoms with E-state index in [4.69, 9.17) is 4.74 Å². The summed E-state index contributed by atoms with van der Waals surface area (Å²) in [5.41, 5.74) is 0.956. The second-order valence-electron chi connectivity index (χ2n) is 4.67. The Morgan fingerprint density at radius 2 is 1.67 bits per heavy atom. The molecule has 21 heavy (non-hydrogen) atoms. The van der Waals surface area contributed by atoms with E-state index in [1.165, 1.54) is 0 Å². The molecular formula is C16H19NO3S. The zero-order valence-corrected chi connectivity index (χ0v) is 12.9. The zero-order chi connectivity index (χ0) is 15.3. The lowest BCUT2D eigenvalue weighted by Crippen LogP contribution is -2.28. The van der Waals surface area contributed by atoms with Crippen LogP contribution < -0.4 is 9.46 Å². The predicted octanol–water partition coefficient (Wildman–Crippen LogP) is 3.12. The minimum atomic E-state index is -3.55. The van der Waals surface area contributed by atoms with Crippen LogP contribution in [0.2, 0.25) is 0 Å². The van der Waals surface area contributed by atoms with E-state index in [2.05, 4.69) is 4.72 Å². The molecule has 0 fully saturated rings. The molecule has 1 atom stereocenters. The van der Waals surface area contributed by atoms with E-state index in [-0.39, 0.29) is 10.9 Å². The first kappa shape index (κ1) is 15.5. The van der Waals surface area contributed by atoms with Gasteiger partial charge in [-0.1, -0.05) is 37.3 Å². The Kier molecular flexibility index (Phi) is 4.98. The van der Waals surface area contributed by atoms with Crippen molar-refractivity contribution in [2.45, 2.75) is 24.3 Å². The number of hydrogen-bond acceptors (Lipinski definition) is 3. The quantitative estimate of drug-likeness (QED) is 0.892. The van der Waals surface area contributed by atoms with Crippen LogP contribution in [-0.4, -0.2) is 15.5 Å². The van der Waals surface area contributed by atoms with Crippen LogP contribution >= 0.6 is 0 Å². The Labute approximate surface area is 125 Å². The molecule has 0 bridgehead atoms. The molecule has 0 amide bonds. The molecule has 2 aromatic rings. The molecule has 4 nitrogen and oxygen atoms in total. The maximum absolute atomic E-state index is 12.4. The van der Waals surface area contributed by atoms with Crippen molar-refractivity contribution in [1.82, 2.24) is 4.72 Å². The maximum Gasteiger partial charge on any atom is 0.241 e. The fourth-order valence-corrected chi connectivity index (χ4v) is 3.39. The first-order valence-corrected chi connectivity index (χ1v) is 8.26. The van der Waals surface area contributed by atoms with Crippen molar-refractivity contribution in [3.8, 4) is 5.75 Å². The van der Waals surface area contributed by atoms with Gasteiger partial charge in [-0.05, 0) is 36.2 Å². The van der Waals surface area contributed by atoms with Gasteiger partial charge in [0, 0.05) is 6.04 Å².